The second-order valence-corrected chi connectivity index (χ2v) is 6.37. The van der Waals surface area contributed by atoms with E-state index in [1.54, 1.807) is 13.8 Å². The molecule has 0 radical (unpaired) electrons. The van der Waals surface area contributed by atoms with Gasteiger partial charge in [0.2, 0.25) is 5.91 Å². The number of carbonyl (C=O) groups excluding carboxylic acids is 2. The fraction of sp³-hybridized carbons (Fsp3) is 0.429. The van der Waals surface area contributed by atoms with E-state index in [2.05, 4.69) is 4.98 Å². The van der Waals surface area contributed by atoms with E-state index in [0.29, 0.717) is 11.8 Å². The van der Waals surface area contributed by atoms with Gasteiger partial charge in [0.15, 0.2) is 0 Å². The highest BCUT2D eigenvalue weighted by molar-refractivity contribution is 8.00. The van der Waals surface area contributed by atoms with Gasteiger partial charge in [-0.3, -0.25) is 10.1 Å². The van der Waals surface area contributed by atoms with E-state index in [4.69, 9.17) is 11.0 Å². The number of hydrogen-bond donors (Lipinski definition) is 2. The van der Waals surface area contributed by atoms with Crippen LogP contribution in [0.25, 0.3) is 0 Å². The van der Waals surface area contributed by atoms with Crippen LogP contribution in [0.1, 0.15) is 30.7 Å². The van der Waals surface area contributed by atoms with Crippen LogP contribution in [0.3, 0.4) is 0 Å². The number of aromatic nitrogens is 1. The number of pyridine rings is 1. The van der Waals surface area contributed by atoms with Crippen LogP contribution in [-0.2, 0) is 11.0 Å². The lowest BCUT2D eigenvalue weighted by Gasteiger charge is -2.20. The highest BCUT2D eigenvalue weighted by Gasteiger charge is 2.36. The predicted molar refractivity (Wildman–Crippen MR) is 80.9 cm³/mol. The van der Waals surface area contributed by atoms with Gasteiger partial charge in [-0.1, -0.05) is 25.6 Å². The fourth-order valence-corrected chi connectivity index (χ4v) is 3.02. The van der Waals surface area contributed by atoms with E-state index >= 15 is 0 Å². The molecule has 6 nitrogen and oxygen atoms in total. The SMILES string of the molecule is Cc1cc(C(F)(F)F)c(C#N)c(S[C@@H](C(=O)NC(N)=O)C(C)C)n1. The number of halogens is 3. The number of amides is 3. The van der Waals surface area contributed by atoms with Gasteiger partial charge in [0.25, 0.3) is 0 Å². The molecule has 0 aliphatic heterocycles. The number of urea groups is 1. The molecule has 0 bridgehead atoms. The summed E-state index contributed by atoms with van der Waals surface area (Å²) in [6.45, 7) is 4.64. The van der Waals surface area contributed by atoms with E-state index in [-0.39, 0.29) is 16.6 Å². The zero-order valence-electron chi connectivity index (χ0n) is 13.1. The molecule has 3 N–H and O–H groups in total. The smallest absolute Gasteiger partial charge is 0.351 e. The van der Waals surface area contributed by atoms with Crippen molar-refractivity contribution in [2.75, 3.05) is 0 Å². The van der Waals surface area contributed by atoms with Crippen molar-refractivity contribution in [3.05, 3.63) is 22.9 Å². The van der Waals surface area contributed by atoms with Crippen molar-refractivity contribution < 1.29 is 22.8 Å². The summed E-state index contributed by atoms with van der Waals surface area (Å²) in [5.41, 5.74) is 3.18. The van der Waals surface area contributed by atoms with Crippen LogP contribution in [0, 0.1) is 24.2 Å². The maximum absolute atomic E-state index is 13.1. The standard InChI is InChI=1S/C14H15F3N4O2S/c1-6(2)10(11(22)21-13(19)23)24-12-8(5-18)9(14(15,16)17)4-7(3)20-12/h4,6,10H,1-3H3,(H3,19,21,22,23)/t10-/m1/s1. The van der Waals surface area contributed by atoms with Crippen molar-refractivity contribution >= 4 is 23.7 Å². The lowest BCUT2D eigenvalue weighted by atomic mass is 10.1. The molecule has 0 aliphatic rings. The normalized spacial score (nSPS) is 12.6. The summed E-state index contributed by atoms with van der Waals surface area (Å²) >= 11 is 0.689. The molecule has 0 spiro atoms. The first kappa shape index (κ1) is 19.8. The van der Waals surface area contributed by atoms with Gasteiger partial charge in [0.05, 0.1) is 16.4 Å². The fourth-order valence-electron chi connectivity index (χ4n) is 1.87. The van der Waals surface area contributed by atoms with Gasteiger partial charge in [-0.15, -0.1) is 0 Å². The minimum absolute atomic E-state index is 0.0571. The van der Waals surface area contributed by atoms with Crippen LogP contribution >= 0.6 is 11.8 Å². The van der Waals surface area contributed by atoms with Crippen molar-refractivity contribution in [3.63, 3.8) is 0 Å². The molecular weight excluding hydrogens is 345 g/mol. The molecule has 0 fully saturated rings. The van der Waals surface area contributed by atoms with Crippen LogP contribution in [0.15, 0.2) is 11.1 Å². The van der Waals surface area contributed by atoms with Gasteiger partial charge in [-0.2, -0.15) is 18.4 Å². The van der Waals surface area contributed by atoms with E-state index < -0.39 is 34.5 Å². The summed E-state index contributed by atoms with van der Waals surface area (Å²) in [5, 5.41) is 9.83. The molecule has 24 heavy (non-hydrogen) atoms. The largest absolute Gasteiger partial charge is 0.417 e. The Morgan fingerprint density at radius 2 is 2.00 bits per heavy atom. The summed E-state index contributed by atoms with van der Waals surface area (Å²) in [6.07, 6.45) is -4.73. The van der Waals surface area contributed by atoms with Gasteiger partial charge >= 0.3 is 12.2 Å². The Labute approximate surface area is 140 Å². The number of carbonyl (C=O) groups is 2. The molecule has 10 heteroatoms. The molecule has 3 amide bonds. The van der Waals surface area contributed by atoms with Gasteiger partial charge in [0, 0.05) is 5.69 Å². The summed E-state index contributed by atoms with van der Waals surface area (Å²) in [5.74, 6) is -1.11. The Kier molecular flexibility index (Phi) is 6.20. The predicted octanol–water partition coefficient (Wildman–Crippen LogP) is 2.59. The third-order valence-electron chi connectivity index (χ3n) is 2.88. The van der Waals surface area contributed by atoms with Crippen molar-refractivity contribution in [3.8, 4) is 6.07 Å². The van der Waals surface area contributed by atoms with Crippen LogP contribution in [-0.4, -0.2) is 22.2 Å². The number of thioether (sulfide) groups is 1. The zero-order chi connectivity index (χ0) is 18.7. The van der Waals surface area contributed by atoms with E-state index in [1.165, 1.54) is 13.0 Å². The Hall–Kier alpha value is -2.28. The Morgan fingerprint density at radius 1 is 1.42 bits per heavy atom. The second kappa shape index (κ2) is 7.53. The molecule has 0 saturated carbocycles. The zero-order valence-corrected chi connectivity index (χ0v) is 13.9. The van der Waals surface area contributed by atoms with Crippen molar-refractivity contribution in [1.82, 2.24) is 10.3 Å². The summed E-state index contributed by atoms with van der Waals surface area (Å²) in [4.78, 5) is 26.8. The number of primary amides is 1. The average molecular weight is 360 g/mol. The molecule has 0 saturated heterocycles. The number of aryl methyl sites for hydroxylation is 1. The molecule has 0 unspecified atom stereocenters. The lowest BCUT2D eigenvalue weighted by Crippen LogP contribution is -2.42. The number of nitrogens with zero attached hydrogens (tertiary/aromatic N) is 2. The van der Waals surface area contributed by atoms with Gasteiger partial charge in [-0.05, 0) is 18.9 Å². The van der Waals surface area contributed by atoms with Crippen LogP contribution in [0.4, 0.5) is 18.0 Å². The number of alkyl halides is 3. The quantitative estimate of drug-likeness (QED) is 0.802. The number of nitriles is 1. The molecule has 1 aromatic heterocycles. The van der Waals surface area contributed by atoms with Crippen LogP contribution in [0.2, 0.25) is 0 Å². The highest BCUT2D eigenvalue weighted by Crippen LogP contribution is 2.37. The average Bonchev–Trinajstić information content (AvgIpc) is 2.41. The van der Waals surface area contributed by atoms with E-state index in [1.807, 2.05) is 5.32 Å². The number of nitrogens with two attached hydrogens (primary N) is 1. The highest BCUT2D eigenvalue weighted by atomic mass is 32.2. The van der Waals surface area contributed by atoms with E-state index in [9.17, 15) is 22.8 Å². The first-order chi connectivity index (χ1) is 11.0. The number of rotatable bonds is 4. The van der Waals surface area contributed by atoms with Gasteiger partial charge in [-0.25, -0.2) is 9.78 Å². The molecule has 1 heterocycles. The van der Waals surface area contributed by atoms with Gasteiger partial charge < -0.3 is 5.73 Å². The molecule has 0 aromatic carbocycles. The van der Waals surface area contributed by atoms with E-state index in [0.717, 1.165) is 6.07 Å². The minimum atomic E-state index is -4.73. The maximum atomic E-state index is 13.1. The third kappa shape index (κ3) is 4.86. The van der Waals surface area contributed by atoms with Crippen LogP contribution in [0.5, 0.6) is 0 Å². The summed E-state index contributed by atoms with van der Waals surface area (Å²) in [6, 6.07) is 1.20. The Morgan fingerprint density at radius 3 is 2.42 bits per heavy atom. The van der Waals surface area contributed by atoms with Crippen molar-refractivity contribution in [1.29, 1.82) is 5.26 Å². The molecule has 130 valence electrons. The minimum Gasteiger partial charge on any atom is -0.351 e. The lowest BCUT2D eigenvalue weighted by molar-refractivity contribution is -0.138. The number of hydrogen-bond acceptors (Lipinski definition) is 5. The maximum Gasteiger partial charge on any atom is 0.417 e. The topological polar surface area (TPSA) is 109 Å². The molecule has 1 aromatic rings. The number of imide groups is 1. The Bertz CT molecular complexity index is 698. The monoisotopic (exact) mass is 360 g/mol. The Balaban J connectivity index is 3.35. The van der Waals surface area contributed by atoms with Crippen molar-refractivity contribution in [2.24, 2.45) is 11.7 Å². The third-order valence-corrected chi connectivity index (χ3v) is 4.41. The molecular formula is C14H15F3N4O2S. The summed E-state index contributed by atoms with van der Waals surface area (Å²) in [7, 11) is 0. The first-order valence-electron chi connectivity index (χ1n) is 6.73. The molecule has 1 atom stereocenters. The van der Waals surface area contributed by atoms with Crippen LogP contribution < -0.4 is 11.1 Å². The molecule has 0 aliphatic carbocycles. The number of nitrogens with one attached hydrogen (secondary N) is 1. The summed E-state index contributed by atoms with van der Waals surface area (Å²) < 4.78 is 39.3. The van der Waals surface area contributed by atoms with Crippen molar-refractivity contribution in [2.45, 2.75) is 37.2 Å². The first-order valence-corrected chi connectivity index (χ1v) is 7.61. The molecule has 1 rings (SSSR count). The second-order valence-electron chi connectivity index (χ2n) is 5.24. The van der Waals surface area contributed by atoms with Gasteiger partial charge in [0.1, 0.15) is 11.1 Å².